The second-order valence-electron chi connectivity index (χ2n) is 4.74. The van der Waals surface area contributed by atoms with Crippen LogP contribution >= 0.6 is 0 Å². The molecule has 6 heteroatoms. The number of rotatable bonds is 3. The van der Waals surface area contributed by atoms with Gasteiger partial charge in [0, 0.05) is 6.04 Å². The van der Waals surface area contributed by atoms with Crippen molar-refractivity contribution in [2.24, 2.45) is 0 Å². The van der Waals surface area contributed by atoms with Crippen LogP contribution in [0.1, 0.15) is 48.8 Å². The minimum Gasteiger partial charge on any atom is -0.461 e. The Kier molecular flexibility index (Phi) is 2.39. The first kappa shape index (κ1) is 10.7. The molecule has 0 unspecified atom stereocenters. The van der Waals surface area contributed by atoms with Crippen molar-refractivity contribution in [3.8, 4) is 0 Å². The standard InChI is InChI=1S/C11H16N4O2/c1-2-17-10(16)8-9(14-15-13-8)11-5-3-7(12-11)4-6-11/h7,12H,2-6H2,1H3,(H,13,14,15). The number of ether oxygens (including phenoxy) is 1. The van der Waals surface area contributed by atoms with E-state index in [1.807, 2.05) is 0 Å². The maximum atomic E-state index is 11.8. The Hall–Kier alpha value is -1.43. The van der Waals surface area contributed by atoms with Gasteiger partial charge in [-0.3, -0.25) is 0 Å². The van der Waals surface area contributed by atoms with Crippen LogP contribution in [0.5, 0.6) is 0 Å². The van der Waals surface area contributed by atoms with Crippen molar-refractivity contribution >= 4 is 5.97 Å². The number of carbonyl (C=O) groups excluding carboxylic acids is 1. The molecule has 0 aliphatic carbocycles. The molecule has 0 atom stereocenters. The summed E-state index contributed by atoms with van der Waals surface area (Å²) in [5, 5.41) is 14.2. The molecule has 0 spiro atoms. The van der Waals surface area contributed by atoms with Crippen LogP contribution in [-0.4, -0.2) is 34.0 Å². The van der Waals surface area contributed by atoms with Crippen molar-refractivity contribution in [2.75, 3.05) is 6.61 Å². The molecule has 0 aromatic carbocycles. The second kappa shape index (κ2) is 3.80. The highest BCUT2D eigenvalue weighted by Crippen LogP contribution is 2.44. The fourth-order valence-corrected chi connectivity index (χ4v) is 3.00. The summed E-state index contributed by atoms with van der Waals surface area (Å²) in [7, 11) is 0. The van der Waals surface area contributed by atoms with Gasteiger partial charge in [-0.05, 0) is 32.6 Å². The molecule has 6 nitrogen and oxygen atoms in total. The molecule has 3 rings (SSSR count). The Labute approximate surface area is 99.1 Å². The molecular weight excluding hydrogens is 220 g/mol. The van der Waals surface area contributed by atoms with Crippen LogP contribution in [0, 0.1) is 0 Å². The maximum Gasteiger partial charge on any atom is 0.360 e. The zero-order valence-corrected chi connectivity index (χ0v) is 9.82. The highest BCUT2D eigenvalue weighted by molar-refractivity contribution is 5.88. The van der Waals surface area contributed by atoms with E-state index in [-0.39, 0.29) is 11.5 Å². The lowest BCUT2D eigenvalue weighted by atomic mass is 9.84. The number of H-pyrrole nitrogens is 1. The quantitative estimate of drug-likeness (QED) is 0.756. The second-order valence-corrected chi connectivity index (χ2v) is 4.74. The lowest BCUT2D eigenvalue weighted by Gasteiger charge is -2.23. The minimum absolute atomic E-state index is 0.153. The Morgan fingerprint density at radius 1 is 1.47 bits per heavy atom. The van der Waals surface area contributed by atoms with E-state index in [1.165, 1.54) is 0 Å². The molecule has 2 N–H and O–H groups in total. The molecule has 2 aliphatic heterocycles. The van der Waals surface area contributed by atoms with Gasteiger partial charge in [-0.2, -0.15) is 10.3 Å². The Bertz CT molecular complexity index is 434. The first-order chi connectivity index (χ1) is 8.25. The van der Waals surface area contributed by atoms with Gasteiger partial charge < -0.3 is 10.1 Å². The smallest absolute Gasteiger partial charge is 0.360 e. The molecule has 92 valence electrons. The maximum absolute atomic E-state index is 11.8. The van der Waals surface area contributed by atoms with E-state index in [9.17, 15) is 4.79 Å². The van der Waals surface area contributed by atoms with Crippen LogP contribution < -0.4 is 5.32 Å². The molecule has 0 amide bonds. The third-order valence-electron chi connectivity index (χ3n) is 3.79. The van der Waals surface area contributed by atoms with Gasteiger partial charge in [0.1, 0.15) is 5.69 Å². The molecular formula is C11H16N4O2. The minimum atomic E-state index is -0.386. The van der Waals surface area contributed by atoms with E-state index < -0.39 is 0 Å². The Morgan fingerprint density at radius 3 is 2.82 bits per heavy atom. The summed E-state index contributed by atoms with van der Waals surface area (Å²) >= 11 is 0. The van der Waals surface area contributed by atoms with Gasteiger partial charge in [-0.15, -0.1) is 5.10 Å². The number of carbonyl (C=O) groups is 1. The van der Waals surface area contributed by atoms with Crippen LogP contribution in [0.15, 0.2) is 0 Å². The number of fused-ring (bicyclic) bond motifs is 2. The lowest BCUT2D eigenvalue weighted by molar-refractivity contribution is 0.0515. The van der Waals surface area contributed by atoms with E-state index in [1.54, 1.807) is 6.92 Å². The van der Waals surface area contributed by atoms with Crippen LogP contribution in [0.3, 0.4) is 0 Å². The van der Waals surface area contributed by atoms with Crippen molar-refractivity contribution in [3.63, 3.8) is 0 Å². The summed E-state index contributed by atoms with van der Waals surface area (Å²) in [6, 6.07) is 0.571. The molecule has 0 radical (unpaired) electrons. The molecule has 2 saturated heterocycles. The molecule has 3 heterocycles. The summed E-state index contributed by atoms with van der Waals surface area (Å²) in [6.07, 6.45) is 4.34. The molecule has 17 heavy (non-hydrogen) atoms. The number of aromatic nitrogens is 3. The SMILES string of the molecule is CCOC(=O)c1n[nH]nc1C12CCC(CC1)N2. The molecule has 1 aromatic rings. The molecule has 1 aromatic heterocycles. The summed E-state index contributed by atoms with van der Waals surface area (Å²) in [6.45, 7) is 2.14. The van der Waals surface area contributed by atoms with Crippen LogP contribution in [0.25, 0.3) is 0 Å². The summed E-state index contributed by atoms with van der Waals surface area (Å²) in [5.41, 5.74) is 0.914. The van der Waals surface area contributed by atoms with Crippen molar-refractivity contribution < 1.29 is 9.53 Å². The van der Waals surface area contributed by atoms with Gasteiger partial charge >= 0.3 is 5.97 Å². The van der Waals surface area contributed by atoms with Crippen molar-refractivity contribution in [1.29, 1.82) is 0 Å². The zero-order valence-electron chi connectivity index (χ0n) is 9.82. The number of nitrogens with zero attached hydrogens (tertiary/aromatic N) is 2. The Balaban J connectivity index is 1.93. The van der Waals surface area contributed by atoms with E-state index in [2.05, 4.69) is 20.7 Å². The Morgan fingerprint density at radius 2 is 2.24 bits per heavy atom. The van der Waals surface area contributed by atoms with E-state index in [4.69, 9.17) is 4.74 Å². The number of esters is 1. The first-order valence-corrected chi connectivity index (χ1v) is 6.11. The first-order valence-electron chi connectivity index (χ1n) is 6.11. The largest absolute Gasteiger partial charge is 0.461 e. The summed E-state index contributed by atoms with van der Waals surface area (Å²) in [4.78, 5) is 11.8. The van der Waals surface area contributed by atoms with E-state index in [0.717, 1.165) is 31.4 Å². The van der Waals surface area contributed by atoms with Gasteiger partial charge in [0.2, 0.25) is 0 Å². The third-order valence-corrected chi connectivity index (χ3v) is 3.79. The third kappa shape index (κ3) is 1.55. The molecule has 2 bridgehead atoms. The fourth-order valence-electron chi connectivity index (χ4n) is 3.00. The average Bonchev–Trinajstić information content (AvgIpc) is 3.04. The van der Waals surface area contributed by atoms with Crippen LogP contribution in [0.2, 0.25) is 0 Å². The summed E-state index contributed by atoms with van der Waals surface area (Å²) < 4.78 is 5.00. The topological polar surface area (TPSA) is 79.9 Å². The number of aromatic amines is 1. The van der Waals surface area contributed by atoms with Gasteiger partial charge in [0.25, 0.3) is 0 Å². The summed E-state index contributed by atoms with van der Waals surface area (Å²) in [5.74, 6) is -0.386. The number of hydrogen-bond acceptors (Lipinski definition) is 5. The van der Waals surface area contributed by atoms with Gasteiger partial charge in [0.05, 0.1) is 12.1 Å². The van der Waals surface area contributed by atoms with Gasteiger partial charge in [-0.25, -0.2) is 4.79 Å². The van der Waals surface area contributed by atoms with E-state index in [0.29, 0.717) is 18.3 Å². The predicted octanol–water partition coefficient (Wildman–Crippen LogP) is 0.722. The highest BCUT2D eigenvalue weighted by atomic mass is 16.5. The van der Waals surface area contributed by atoms with Gasteiger partial charge in [-0.1, -0.05) is 0 Å². The average molecular weight is 236 g/mol. The normalized spacial score (nSPS) is 30.8. The molecule has 2 fully saturated rings. The van der Waals surface area contributed by atoms with Crippen LogP contribution in [0.4, 0.5) is 0 Å². The van der Waals surface area contributed by atoms with Crippen LogP contribution in [-0.2, 0) is 10.3 Å². The predicted molar refractivity (Wildman–Crippen MR) is 59.4 cm³/mol. The highest BCUT2D eigenvalue weighted by Gasteiger charge is 2.49. The lowest BCUT2D eigenvalue weighted by Crippen LogP contribution is -2.35. The van der Waals surface area contributed by atoms with Crippen molar-refractivity contribution in [1.82, 2.24) is 20.7 Å². The van der Waals surface area contributed by atoms with Crippen molar-refractivity contribution in [3.05, 3.63) is 11.4 Å². The molecule has 2 aliphatic rings. The molecule has 0 saturated carbocycles. The zero-order chi connectivity index (χ0) is 11.9. The fraction of sp³-hybridized carbons (Fsp3) is 0.727. The van der Waals surface area contributed by atoms with E-state index >= 15 is 0 Å². The number of nitrogens with one attached hydrogen (secondary N) is 2. The van der Waals surface area contributed by atoms with Crippen molar-refractivity contribution in [2.45, 2.75) is 44.2 Å². The van der Waals surface area contributed by atoms with Gasteiger partial charge in [0.15, 0.2) is 5.69 Å². The monoisotopic (exact) mass is 236 g/mol. The number of hydrogen-bond donors (Lipinski definition) is 2.